The van der Waals surface area contributed by atoms with Crippen molar-refractivity contribution in [3.8, 4) is 0 Å². The first kappa shape index (κ1) is 14.0. The number of hydrogen-bond acceptors (Lipinski definition) is 2. The van der Waals surface area contributed by atoms with Crippen molar-refractivity contribution in [2.75, 3.05) is 19.6 Å². The molecule has 0 aromatic carbocycles. The summed E-state index contributed by atoms with van der Waals surface area (Å²) in [5.74, 6) is 1.58. The van der Waals surface area contributed by atoms with Gasteiger partial charge >= 0.3 is 0 Å². The molecule has 0 bridgehead atoms. The molecule has 2 fully saturated rings. The number of Topliss-reactive ketones (excluding diaryl/α,β-unsaturated/α-hetero) is 1. The molecular weight excluding hydrogens is 222 g/mol. The minimum atomic E-state index is 0.320. The van der Waals surface area contributed by atoms with Crippen molar-refractivity contribution in [1.82, 2.24) is 4.90 Å². The third kappa shape index (κ3) is 3.57. The molecule has 0 amide bonds. The summed E-state index contributed by atoms with van der Waals surface area (Å²) in [6.45, 7) is 10.4. The number of carbonyl (C=O) groups excluding carboxylic acids is 1. The van der Waals surface area contributed by atoms with Crippen molar-refractivity contribution in [2.24, 2.45) is 17.3 Å². The molecule has 2 atom stereocenters. The number of nitrogens with zero attached hydrogens (tertiary/aromatic N) is 1. The van der Waals surface area contributed by atoms with Gasteiger partial charge in [-0.3, -0.25) is 4.79 Å². The van der Waals surface area contributed by atoms with Gasteiger partial charge in [0, 0.05) is 18.9 Å². The van der Waals surface area contributed by atoms with Crippen LogP contribution in [0, 0.1) is 17.3 Å². The standard InChI is InChI=1S/C16H29NO/c1-16(2,3)14-7-8-15(18)13(11-14)12-17-9-5-4-6-10-17/h13-14H,4-12H2,1-3H3. The average Bonchev–Trinajstić information content (AvgIpc) is 2.32. The van der Waals surface area contributed by atoms with E-state index in [2.05, 4.69) is 25.7 Å². The van der Waals surface area contributed by atoms with Gasteiger partial charge in [-0.25, -0.2) is 0 Å². The molecule has 1 heterocycles. The number of likely N-dealkylation sites (tertiary alicyclic amines) is 1. The largest absolute Gasteiger partial charge is 0.303 e. The van der Waals surface area contributed by atoms with Crippen molar-refractivity contribution < 1.29 is 4.79 Å². The predicted octanol–water partition coefficient (Wildman–Crippen LogP) is 3.50. The third-order valence-corrected chi connectivity index (χ3v) is 4.92. The van der Waals surface area contributed by atoms with Crippen molar-refractivity contribution in [3.05, 3.63) is 0 Å². The van der Waals surface area contributed by atoms with Crippen molar-refractivity contribution in [3.63, 3.8) is 0 Å². The average molecular weight is 251 g/mol. The van der Waals surface area contributed by atoms with Gasteiger partial charge in [0.2, 0.25) is 0 Å². The first-order chi connectivity index (χ1) is 8.47. The summed E-state index contributed by atoms with van der Waals surface area (Å²) in [6, 6.07) is 0. The van der Waals surface area contributed by atoms with Crippen LogP contribution in [-0.2, 0) is 4.79 Å². The van der Waals surface area contributed by atoms with Gasteiger partial charge in [0.15, 0.2) is 0 Å². The fraction of sp³-hybridized carbons (Fsp3) is 0.938. The lowest BCUT2D eigenvalue weighted by Gasteiger charge is -2.39. The fourth-order valence-electron chi connectivity index (χ4n) is 3.53. The van der Waals surface area contributed by atoms with Crippen LogP contribution in [0.4, 0.5) is 0 Å². The highest BCUT2D eigenvalue weighted by atomic mass is 16.1. The van der Waals surface area contributed by atoms with Gasteiger partial charge in [0.05, 0.1) is 0 Å². The van der Waals surface area contributed by atoms with E-state index in [1.807, 2.05) is 0 Å². The van der Waals surface area contributed by atoms with Crippen LogP contribution in [-0.4, -0.2) is 30.3 Å². The van der Waals surface area contributed by atoms with Gasteiger partial charge in [-0.15, -0.1) is 0 Å². The van der Waals surface area contributed by atoms with Crippen molar-refractivity contribution in [2.45, 2.75) is 59.3 Å². The molecule has 1 aliphatic heterocycles. The summed E-state index contributed by atoms with van der Waals surface area (Å²) in [4.78, 5) is 14.6. The number of ketones is 1. The molecule has 2 aliphatic rings. The predicted molar refractivity (Wildman–Crippen MR) is 75.6 cm³/mol. The Hall–Kier alpha value is -0.370. The molecule has 2 rings (SSSR count). The molecule has 2 heteroatoms. The summed E-state index contributed by atoms with van der Waals surface area (Å²) in [7, 11) is 0. The van der Waals surface area contributed by atoms with E-state index in [9.17, 15) is 4.79 Å². The smallest absolute Gasteiger partial charge is 0.137 e. The summed E-state index contributed by atoms with van der Waals surface area (Å²) in [6.07, 6.45) is 7.07. The highest BCUT2D eigenvalue weighted by molar-refractivity contribution is 5.82. The van der Waals surface area contributed by atoms with Crippen LogP contribution in [0.15, 0.2) is 0 Å². The van der Waals surface area contributed by atoms with E-state index < -0.39 is 0 Å². The molecule has 0 spiro atoms. The first-order valence-corrected chi connectivity index (χ1v) is 7.72. The van der Waals surface area contributed by atoms with E-state index in [-0.39, 0.29) is 0 Å². The fourth-order valence-corrected chi connectivity index (χ4v) is 3.53. The van der Waals surface area contributed by atoms with Gasteiger partial charge in [0.25, 0.3) is 0 Å². The number of carbonyl (C=O) groups is 1. The molecule has 1 aliphatic carbocycles. The summed E-state index contributed by atoms with van der Waals surface area (Å²) in [5, 5.41) is 0. The number of hydrogen-bond donors (Lipinski definition) is 0. The second-order valence-electron chi connectivity index (χ2n) is 7.36. The lowest BCUT2D eigenvalue weighted by Crippen LogP contribution is -2.41. The molecule has 0 radical (unpaired) electrons. The molecule has 0 aromatic heterocycles. The lowest BCUT2D eigenvalue weighted by molar-refractivity contribution is -0.127. The number of piperidine rings is 1. The minimum Gasteiger partial charge on any atom is -0.303 e. The Labute approximate surface area is 112 Å². The van der Waals surface area contributed by atoms with Crippen LogP contribution in [0.2, 0.25) is 0 Å². The van der Waals surface area contributed by atoms with Crippen LogP contribution < -0.4 is 0 Å². The topological polar surface area (TPSA) is 20.3 Å². The second-order valence-corrected chi connectivity index (χ2v) is 7.36. The first-order valence-electron chi connectivity index (χ1n) is 7.72. The van der Waals surface area contributed by atoms with E-state index in [0.717, 1.165) is 31.7 Å². The monoisotopic (exact) mass is 251 g/mol. The van der Waals surface area contributed by atoms with E-state index in [1.165, 1.54) is 32.4 Å². The van der Waals surface area contributed by atoms with Gasteiger partial charge < -0.3 is 4.90 Å². The Morgan fingerprint density at radius 1 is 1.17 bits per heavy atom. The van der Waals surface area contributed by atoms with E-state index in [4.69, 9.17) is 0 Å². The lowest BCUT2D eigenvalue weighted by atomic mass is 9.68. The van der Waals surface area contributed by atoms with Crippen LogP contribution in [0.5, 0.6) is 0 Å². The second kappa shape index (κ2) is 5.73. The van der Waals surface area contributed by atoms with Crippen LogP contribution in [0.1, 0.15) is 59.3 Å². The SMILES string of the molecule is CC(C)(C)C1CCC(=O)C(CN2CCCCC2)C1. The van der Waals surface area contributed by atoms with Crippen molar-refractivity contribution in [1.29, 1.82) is 0 Å². The zero-order chi connectivity index (χ0) is 13.2. The molecular formula is C16H29NO. The molecule has 1 saturated heterocycles. The Bertz CT molecular complexity index is 286. The summed E-state index contributed by atoms with van der Waals surface area (Å²) in [5.41, 5.74) is 0.362. The summed E-state index contributed by atoms with van der Waals surface area (Å²) < 4.78 is 0. The van der Waals surface area contributed by atoms with Gasteiger partial charge in [-0.2, -0.15) is 0 Å². The van der Waals surface area contributed by atoms with E-state index in [0.29, 0.717) is 17.1 Å². The van der Waals surface area contributed by atoms with Crippen molar-refractivity contribution >= 4 is 5.78 Å². The molecule has 18 heavy (non-hydrogen) atoms. The van der Waals surface area contributed by atoms with Crippen LogP contribution >= 0.6 is 0 Å². The number of rotatable bonds is 2. The molecule has 0 N–H and O–H groups in total. The Kier molecular flexibility index (Phi) is 4.47. The maximum atomic E-state index is 12.1. The summed E-state index contributed by atoms with van der Waals surface area (Å²) >= 11 is 0. The maximum absolute atomic E-state index is 12.1. The van der Waals surface area contributed by atoms with E-state index in [1.54, 1.807) is 0 Å². The molecule has 0 aromatic rings. The Morgan fingerprint density at radius 3 is 2.44 bits per heavy atom. The molecule has 1 saturated carbocycles. The van der Waals surface area contributed by atoms with E-state index >= 15 is 0 Å². The van der Waals surface area contributed by atoms with Gasteiger partial charge in [-0.1, -0.05) is 27.2 Å². The third-order valence-electron chi connectivity index (χ3n) is 4.92. The maximum Gasteiger partial charge on any atom is 0.137 e. The quantitative estimate of drug-likeness (QED) is 0.748. The minimum absolute atomic E-state index is 0.320. The zero-order valence-corrected chi connectivity index (χ0v) is 12.4. The van der Waals surface area contributed by atoms with Gasteiger partial charge in [0.1, 0.15) is 5.78 Å². The van der Waals surface area contributed by atoms with Gasteiger partial charge in [-0.05, 0) is 50.1 Å². The highest BCUT2D eigenvalue weighted by Gasteiger charge is 2.35. The molecule has 2 unspecified atom stereocenters. The Morgan fingerprint density at radius 2 is 1.83 bits per heavy atom. The molecule has 104 valence electrons. The zero-order valence-electron chi connectivity index (χ0n) is 12.4. The van der Waals surface area contributed by atoms with Crippen LogP contribution in [0.3, 0.4) is 0 Å². The normalized spacial score (nSPS) is 31.6. The Balaban J connectivity index is 1.91. The molecule has 2 nitrogen and oxygen atoms in total. The van der Waals surface area contributed by atoms with Crippen LogP contribution in [0.25, 0.3) is 0 Å². The highest BCUT2D eigenvalue weighted by Crippen LogP contribution is 2.39.